The third-order valence-corrected chi connectivity index (χ3v) is 6.09. The van der Waals surface area contributed by atoms with Crippen LogP contribution in [0.4, 0.5) is 0 Å². The average molecular weight is 303 g/mol. The van der Waals surface area contributed by atoms with Gasteiger partial charge in [0.1, 0.15) is 0 Å². The highest BCUT2D eigenvalue weighted by molar-refractivity contribution is 7.87. The molecule has 0 aliphatic carbocycles. The molecule has 2 rings (SSSR count). The summed E-state index contributed by atoms with van der Waals surface area (Å²) in [4.78, 5) is 2.43. The molecular formula is C14H29N3O2S. The lowest BCUT2D eigenvalue weighted by molar-refractivity contribution is 0.100. The Morgan fingerprint density at radius 1 is 0.950 bits per heavy atom. The minimum atomic E-state index is -3.27. The van der Waals surface area contributed by atoms with E-state index in [4.69, 9.17) is 0 Å². The average Bonchev–Trinajstić information content (AvgIpc) is 2.39. The maximum atomic E-state index is 12.3. The second-order valence-electron chi connectivity index (χ2n) is 7.01. The number of rotatable bonds is 3. The van der Waals surface area contributed by atoms with E-state index in [-0.39, 0.29) is 11.6 Å². The highest BCUT2D eigenvalue weighted by atomic mass is 32.2. The molecule has 0 radical (unpaired) electrons. The fraction of sp³-hybridized carbons (Fsp3) is 1.00. The molecule has 118 valence electrons. The van der Waals surface area contributed by atoms with E-state index < -0.39 is 10.2 Å². The Kier molecular flexibility index (Phi) is 5.10. The van der Waals surface area contributed by atoms with Crippen molar-refractivity contribution in [2.75, 3.05) is 26.2 Å². The van der Waals surface area contributed by atoms with Crippen LogP contribution in [-0.2, 0) is 10.2 Å². The molecule has 1 N–H and O–H groups in total. The molecule has 0 aromatic carbocycles. The third-order valence-electron chi connectivity index (χ3n) is 4.41. The van der Waals surface area contributed by atoms with Crippen molar-refractivity contribution < 1.29 is 8.42 Å². The molecule has 2 aliphatic heterocycles. The maximum Gasteiger partial charge on any atom is 0.279 e. The fourth-order valence-electron chi connectivity index (χ4n) is 3.06. The molecule has 6 heteroatoms. The van der Waals surface area contributed by atoms with E-state index in [1.54, 1.807) is 4.31 Å². The highest BCUT2D eigenvalue weighted by Crippen LogP contribution is 2.21. The van der Waals surface area contributed by atoms with Crippen LogP contribution in [0.15, 0.2) is 0 Å². The first-order valence-electron chi connectivity index (χ1n) is 7.81. The van der Waals surface area contributed by atoms with Crippen LogP contribution in [0.5, 0.6) is 0 Å². The molecule has 5 nitrogen and oxygen atoms in total. The molecule has 2 heterocycles. The number of nitrogens with zero attached hydrogens (tertiary/aromatic N) is 2. The van der Waals surface area contributed by atoms with E-state index in [1.807, 2.05) is 0 Å². The summed E-state index contributed by atoms with van der Waals surface area (Å²) in [6.07, 6.45) is 4.94. The third kappa shape index (κ3) is 4.16. The molecule has 0 aromatic rings. The lowest BCUT2D eigenvalue weighted by Gasteiger charge is -2.41. The summed E-state index contributed by atoms with van der Waals surface area (Å²) in [5, 5.41) is 0. The Morgan fingerprint density at radius 2 is 1.50 bits per heavy atom. The first-order chi connectivity index (χ1) is 9.29. The van der Waals surface area contributed by atoms with Gasteiger partial charge in [0.05, 0.1) is 0 Å². The van der Waals surface area contributed by atoms with E-state index >= 15 is 0 Å². The van der Waals surface area contributed by atoms with E-state index in [0.717, 1.165) is 45.2 Å². The number of hydrogen-bond acceptors (Lipinski definition) is 3. The summed E-state index contributed by atoms with van der Waals surface area (Å²) < 4.78 is 29.2. The Bertz CT molecular complexity index is 403. The van der Waals surface area contributed by atoms with Crippen molar-refractivity contribution in [2.24, 2.45) is 0 Å². The zero-order chi connectivity index (χ0) is 14.8. The monoisotopic (exact) mass is 303 g/mol. The van der Waals surface area contributed by atoms with E-state index in [2.05, 4.69) is 30.4 Å². The molecule has 2 aliphatic rings. The summed E-state index contributed by atoms with van der Waals surface area (Å²) >= 11 is 0. The normalized spacial score (nSPS) is 24.9. The van der Waals surface area contributed by atoms with E-state index in [0.29, 0.717) is 13.1 Å². The Labute approximate surface area is 123 Å². The van der Waals surface area contributed by atoms with Gasteiger partial charge in [-0.3, -0.25) is 4.90 Å². The van der Waals surface area contributed by atoms with Gasteiger partial charge < -0.3 is 0 Å². The Hall–Kier alpha value is -0.170. The fourth-order valence-corrected chi connectivity index (χ4v) is 4.60. The smallest absolute Gasteiger partial charge is 0.279 e. The minimum Gasteiger partial charge on any atom is -0.298 e. The number of nitrogens with one attached hydrogen (secondary N) is 1. The molecule has 0 bridgehead atoms. The van der Waals surface area contributed by atoms with Crippen LogP contribution in [0.3, 0.4) is 0 Å². The van der Waals surface area contributed by atoms with Gasteiger partial charge in [0, 0.05) is 37.8 Å². The molecule has 2 fully saturated rings. The Morgan fingerprint density at radius 3 is 2.00 bits per heavy atom. The standard InChI is InChI=1S/C14H29N3O2S/c1-14(2,3)16-11-7-13(8-12-16)15-20(18,19)17-9-5-4-6-10-17/h13,15H,4-12H2,1-3H3. The molecule has 0 unspecified atom stereocenters. The van der Waals surface area contributed by atoms with Gasteiger partial charge in [0.15, 0.2) is 0 Å². The van der Waals surface area contributed by atoms with Crippen LogP contribution in [-0.4, -0.2) is 55.4 Å². The second-order valence-corrected chi connectivity index (χ2v) is 8.72. The lowest BCUT2D eigenvalue weighted by atomic mass is 9.99. The van der Waals surface area contributed by atoms with Gasteiger partial charge in [-0.2, -0.15) is 17.4 Å². The second kappa shape index (κ2) is 6.30. The van der Waals surface area contributed by atoms with Crippen LogP contribution in [0.2, 0.25) is 0 Å². The lowest BCUT2D eigenvalue weighted by Crippen LogP contribution is -2.53. The van der Waals surface area contributed by atoms with Gasteiger partial charge in [0.25, 0.3) is 10.2 Å². The quantitative estimate of drug-likeness (QED) is 0.861. The topological polar surface area (TPSA) is 52.7 Å². The van der Waals surface area contributed by atoms with Crippen LogP contribution in [0.25, 0.3) is 0 Å². The summed E-state index contributed by atoms with van der Waals surface area (Å²) in [7, 11) is -3.27. The van der Waals surface area contributed by atoms with Crippen molar-refractivity contribution >= 4 is 10.2 Å². The van der Waals surface area contributed by atoms with Crippen molar-refractivity contribution in [3.63, 3.8) is 0 Å². The first kappa shape index (κ1) is 16.2. The SMILES string of the molecule is CC(C)(C)N1CCC(NS(=O)(=O)N2CCCCC2)CC1. The van der Waals surface area contributed by atoms with Crippen molar-refractivity contribution in [3.05, 3.63) is 0 Å². The van der Waals surface area contributed by atoms with Gasteiger partial charge in [0.2, 0.25) is 0 Å². The molecule has 20 heavy (non-hydrogen) atoms. The van der Waals surface area contributed by atoms with Crippen LogP contribution >= 0.6 is 0 Å². The Balaban J connectivity index is 1.85. The molecule has 0 spiro atoms. The molecule has 2 saturated heterocycles. The molecular weight excluding hydrogens is 274 g/mol. The van der Waals surface area contributed by atoms with Crippen molar-refractivity contribution in [1.29, 1.82) is 0 Å². The van der Waals surface area contributed by atoms with E-state index in [1.165, 1.54) is 0 Å². The predicted octanol–water partition coefficient (Wildman–Crippen LogP) is 1.57. The summed E-state index contributed by atoms with van der Waals surface area (Å²) in [5.41, 5.74) is 0.177. The summed E-state index contributed by atoms with van der Waals surface area (Å²) in [6.45, 7) is 9.93. The molecule has 0 saturated carbocycles. The van der Waals surface area contributed by atoms with Gasteiger partial charge in [-0.25, -0.2) is 0 Å². The van der Waals surface area contributed by atoms with Crippen LogP contribution in [0, 0.1) is 0 Å². The van der Waals surface area contributed by atoms with Gasteiger partial charge in [-0.05, 0) is 46.5 Å². The van der Waals surface area contributed by atoms with Gasteiger partial charge >= 0.3 is 0 Å². The maximum absolute atomic E-state index is 12.3. The number of likely N-dealkylation sites (tertiary alicyclic amines) is 1. The van der Waals surface area contributed by atoms with E-state index in [9.17, 15) is 8.42 Å². The van der Waals surface area contributed by atoms with Crippen LogP contribution in [0.1, 0.15) is 52.9 Å². The van der Waals surface area contributed by atoms with Crippen molar-refractivity contribution in [2.45, 2.75) is 64.5 Å². The molecule has 0 atom stereocenters. The highest BCUT2D eigenvalue weighted by Gasteiger charge is 2.31. The van der Waals surface area contributed by atoms with Crippen LogP contribution < -0.4 is 4.72 Å². The van der Waals surface area contributed by atoms with Gasteiger partial charge in [-0.1, -0.05) is 6.42 Å². The summed E-state index contributed by atoms with van der Waals surface area (Å²) in [5.74, 6) is 0. The van der Waals surface area contributed by atoms with Gasteiger partial charge in [-0.15, -0.1) is 0 Å². The number of hydrogen-bond donors (Lipinski definition) is 1. The largest absolute Gasteiger partial charge is 0.298 e. The van der Waals surface area contributed by atoms with Crippen molar-refractivity contribution in [1.82, 2.24) is 13.9 Å². The predicted molar refractivity (Wildman–Crippen MR) is 81.8 cm³/mol. The zero-order valence-corrected chi connectivity index (χ0v) is 13.9. The minimum absolute atomic E-state index is 0.0977. The molecule has 0 amide bonds. The molecule has 0 aromatic heterocycles. The number of piperidine rings is 2. The zero-order valence-electron chi connectivity index (χ0n) is 13.1. The first-order valence-corrected chi connectivity index (χ1v) is 9.25. The summed E-state index contributed by atoms with van der Waals surface area (Å²) in [6, 6.07) is 0.0977. The van der Waals surface area contributed by atoms with Crippen molar-refractivity contribution in [3.8, 4) is 0 Å².